The highest BCUT2D eigenvalue weighted by atomic mass is 16.3. The summed E-state index contributed by atoms with van der Waals surface area (Å²) in [5.74, 6) is -0.382. The van der Waals surface area contributed by atoms with Gasteiger partial charge in [0.2, 0.25) is 0 Å². The van der Waals surface area contributed by atoms with Crippen LogP contribution in [0.3, 0.4) is 0 Å². The van der Waals surface area contributed by atoms with Gasteiger partial charge in [-0.3, -0.25) is 4.79 Å². The van der Waals surface area contributed by atoms with Gasteiger partial charge in [-0.1, -0.05) is 84.1 Å². The van der Waals surface area contributed by atoms with Crippen molar-refractivity contribution in [2.24, 2.45) is 0 Å². The molecule has 148 valence electrons. The molecule has 6 heteroatoms. The van der Waals surface area contributed by atoms with E-state index in [1.807, 2.05) is 72.9 Å². The fraction of sp³-hybridized carbons (Fsp3) is 0.125. The van der Waals surface area contributed by atoms with Gasteiger partial charge in [0.15, 0.2) is 5.60 Å². The maximum absolute atomic E-state index is 13.4. The van der Waals surface area contributed by atoms with Crippen LogP contribution < -0.4 is 4.90 Å². The number of fused-ring (bicyclic) bond motifs is 1. The Morgan fingerprint density at radius 2 is 1.50 bits per heavy atom. The van der Waals surface area contributed by atoms with Crippen LogP contribution in [-0.2, 0) is 23.5 Å². The Kier molecular flexibility index (Phi) is 4.41. The largest absolute Gasteiger partial charge is 0.372 e. The maximum atomic E-state index is 13.4. The van der Waals surface area contributed by atoms with Gasteiger partial charge in [-0.2, -0.15) is 0 Å². The molecular weight excluding hydrogens is 376 g/mol. The zero-order valence-corrected chi connectivity index (χ0v) is 16.2. The molecule has 1 N–H and O–H groups in total. The third kappa shape index (κ3) is 2.98. The van der Waals surface area contributed by atoms with Gasteiger partial charge in [-0.15, -0.1) is 5.10 Å². The highest BCUT2D eigenvalue weighted by Gasteiger charge is 2.50. The van der Waals surface area contributed by atoms with E-state index < -0.39 is 5.60 Å². The normalized spacial score (nSPS) is 17.9. The highest BCUT2D eigenvalue weighted by molar-refractivity contribution is 6.08. The number of anilines is 1. The number of hydrogen-bond donors (Lipinski definition) is 1. The van der Waals surface area contributed by atoms with E-state index in [4.69, 9.17) is 0 Å². The second kappa shape index (κ2) is 7.24. The summed E-state index contributed by atoms with van der Waals surface area (Å²) in [4.78, 5) is 15.0. The zero-order chi connectivity index (χ0) is 20.6. The number of carbonyl (C=O) groups is 1. The summed E-state index contributed by atoms with van der Waals surface area (Å²) in [5, 5.41) is 19.9. The third-order valence-electron chi connectivity index (χ3n) is 5.42. The lowest BCUT2D eigenvalue weighted by Gasteiger charge is -2.23. The summed E-state index contributed by atoms with van der Waals surface area (Å²) < 4.78 is 1.75. The molecule has 0 fully saturated rings. The van der Waals surface area contributed by atoms with Crippen molar-refractivity contribution in [1.82, 2.24) is 15.0 Å². The monoisotopic (exact) mass is 396 g/mol. The fourth-order valence-corrected chi connectivity index (χ4v) is 3.97. The second-order valence-corrected chi connectivity index (χ2v) is 7.38. The molecule has 0 saturated heterocycles. The number of aromatic nitrogens is 3. The fourth-order valence-electron chi connectivity index (χ4n) is 3.97. The second-order valence-electron chi connectivity index (χ2n) is 7.38. The quantitative estimate of drug-likeness (QED) is 0.563. The minimum Gasteiger partial charge on any atom is -0.372 e. The van der Waals surface area contributed by atoms with Crippen LogP contribution >= 0.6 is 0 Å². The molecule has 0 radical (unpaired) electrons. The predicted octanol–water partition coefficient (Wildman–Crippen LogP) is 3.11. The standard InChI is InChI=1S/C24H20N4O2/c29-23-24(30,19-11-5-2-6-12-19)21-13-7-8-14-22(21)28(23)17-20-16-27(26-25-20)15-18-9-3-1-4-10-18/h1-14,16,30H,15,17H2/t24-/m1/s1. The average Bonchev–Trinajstić information content (AvgIpc) is 3.32. The topological polar surface area (TPSA) is 71.2 Å². The van der Waals surface area contributed by atoms with Crippen LogP contribution in [0.1, 0.15) is 22.4 Å². The number of amides is 1. The lowest BCUT2D eigenvalue weighted by molar-refractivity contribution is -0.132. The molecule has 1 aliphatic rings. The molecule has 1 aliphatic heterocycles. The number of benzene rings is 3. The van der Waals surface area contributed by atoms with Gasteiger partial charge in [-0.05, 0) is 17.2 Å². The molecule has 0 saturated carbocycles. The van der Waals surface area contributed by atoms with Gasteiger partial charge in [0.1, 0.15) is 5.69 Å². The summed E-state index contributed by atoms with van der Waals surface area (Å²) in [5.41, 5.74) is 1.89. The lowest BCUT2D eigenvalue weighted by atomic mass is 9.88. The van der Waals surface area contributed by atoms with Crippen LogP contribution in [0.4, 0.5) is 5.69 Å². The van der Waals surface area contributed by atoms with E-state index in [1.54, 1.807) is 27.8 Å². The van der Waals surface area contributed by atoms with Gasteiger partial charge in [-0.25, -0.2) is 4.68 Å². The van der Waals surface area contributed by atoms with Crippen molar-refractivity contribution in [3.05, 3.63) is 114 Å². The Balaban J connectivity index is 1.45. The number of nitrogens with zero attached hydrogens (tertiary/aromatic N) is 4. The van der Waals surface area contributed by atoms with Crippen LogP contribution in [0.25, 0.3) is 0 Å². The molecule has 4 aromatic rings. The first-order valence-corrected chi connectivity index (χ1v) is 9.78. The van der Waals surface area contributed by atoms with Crippen molar-refractivity contribution in [1.29, 1.82) is 0 Å². The third-order valence-corrected chi connectivity index (χ3v) is 5.42. The molecule has 3 aromatic carbocycles. The van der Waals surface area contributed by atoms with Crippen molar-refractivity contribution >= 4 is 11.6 Å². The van der Waals surface area contributed by atoms with Crippen molar-refractivity contribution in [3.8, 4) is 0 Å². The minimum absolute atomic E-state index is 0.236. The molecule has 1 atom stereocenters. The molecule has 5 rings (SSSR count). The van der Waals surface area contributed by atoms with Crippen molar-refractivity contribution in [3.63, 3.8) is 0 Å². The predicted molar refractivity (Wildman–Crippen MR) is 113 cm³/mol. The van der Waals surface area contributed by atoms with E-state index >= 15 is 0 Å². The van der Waals surface area contributed by atoms with E-state index in [-0.39, 0.29) is 12.5 Å². The first-order chi connectivity index (χ1) is 14.7. The smallest absolute Gasteiger partial charge is 0.268 e. The van der Waals surface area contributed by atoms with E-state index in [9.17, 15) is 9.90 Å². The average molecular weight is 396 g/mol. The highest BCUT2D eigenvalue weighted by Crippen LogP contribution is 2.44. The molecule has 0 aliphatic carbocycles. The van der Waals surface area contributed by atoms with E-state index in [0.717, 1.165) is 5.56 Å². The SMILES string of the molecule is O=C1N(Cc2cn(Cc3ccccc3)nn2)c2ccccc2[C@]1(O)c1ccccc1. The Labute approximate surface area is 174 Å². The molecule has 30 heavy (non-hydrogen) atoms. The van der Waals surface area contributed by atoms with Crippen LogP contribution in [-0.4, -0.2) is 26.0 Å². The zero-order valence-electron chi connectivity index (χ0n) is 16.2. The van der Waals surface area contributed by atoms with Gasteiger partial charge < -0.3 is 10.0 Å². The lowest BCUT2D eigenvalue weighted by Crippen LogP contribution is -2.40. The summed E-state index contributed by atoms with van der Waals surface area (Å²) >= 11 is 0. The number of rotatable bonds is 5. The Morgan fingerprint density at radius 3 is 2.27 bits per heavy atom. The van der Waals surface area contributed by atoms with Crippen LogP contribution in [0.2, 0.25) is 0 Å². The van der Waals surface area contributed by atoms with E-state index in [1.165, 1.54) is 0 Å². The van der Waals surface area contributed by atoms with Crippen molar-refractivity contribution < 1.29 is 9.90 Å². The van der Waals surface area contributed by atoms with E-state index in [0.29, 0.717) is 29.1 Å². The van der Waals surface area contributed by atoms with E-state index in [2.05, 4.69) is 10.3 Å². The minimum atomic E-state index is -1.71. The molecule has 0 spiro atoms. The molecule has 1 amide bonds. The first kappa shape index (κ1) is 18.3. The maximum Gasteiger partial charge on any atom is 0.268 e. The Hall–Kier alpha value is -3.77. The number of carbonyl (C=O) groups excluding carboxylic acids is 1. The molecule has 0 unspecified atom stereocenters. The summed E-state index contributed by atoms with van der Waals surface area (Å²) in [6.45, 7) is 0.839. The summed E-state index contributed by atoms with van der Waals surface area (Å²) in [6, 6.07) is 26.4. The molecule has 2 heterocycles. The Morgan fingerprint density at radius 1 is 0.833 bits per heavy atom. The van der Waals surface area contributed by atoms with Gasteiger partial charge >= 0.3 is 0 Å². The Bertz CT molecular complexity index is 1190. The number of hydrogen-bond acceptors (Lipinski definition) is 4. The van der Waals surface area contributed by atoms with Gasteiger partial charge in [0.05, 0.1) is 25.0 Å². The molecule has 6 nitrogen and oxygen atoms in total. The van der Waals surface area contributed by atoms with Gasteiger partial charge in [0, 0.05) is 5.56 Å². The number of para-hydroxylation sites is 1. The summed E-state index contributed by atoms with van der Waals surface area (Å²) in [7, 11) is 0. The summed E-state index contributed by atoms with van der Waals surface area (Å²) in [6.07, 6.45) is 1.84. The van der Waals surface area contributed by atoms with Crippen LogP contribution in [0, 0.1) is 0 Å². The first-order valence-electron chi connectivity index (χ1n) is 9.78. The van der Waals surface area contributed by atoms with Crippen molar-refractivity contribution in [2.45, 2.75) is 18.7 Å². The molecular formula is C24H20N4O2. The number of aliphatic hydroxyl groups is 1. The van der Waals surface area contributed by atoms with Gasteiger partial charge in [0.25, 0.3) is 5.91 Å². The van der Waals surface area contributed by atoms with Crippen LogP contribution in [0.5, 0.6) is 0 Å². The van der Waals surface area contributed by atoms with Crippen molar-refractivity contribution in [2.75, 3.05) is 4.90 Å². The molecule has 0 bridgehead atoms. The van der Waals surface area contributed by atoms with Crippen LogP contribution in [0.15, 0.2) is 91.1 Å². The molecule has 1 aromatic heterocycles.